The SMILES string of the molecule is CC1CCN(C(=O)c2ccn(-c3ccccc3N)n2)C1. The first-order chi connectivity index (χ1) is 9.65. The number of aromatic nitrogens is 2. The number of rotatable bonds is 2. The van der Waals surface area contributed by atoms with Gasteiger partial charge in [-0.3, -0.25) is 4.79 Å². The van der Waals surface area contributed by atoms with Gasteiger partial charge in [0.1, 0.15) is 0 Å². The Kier molecular flexibility index (Phi) is 3.18. The molecule has 2 aromatic rings. The number of para-hydroxylation sites is 2. The highest BCUT2D eigenvalue weighted by Gasteiger charge is 2.25. The highest BCUT2D eigenvalue weighted by molar-refractivity contribution is 5.92. The van der Waals surface area contributed by atoms with Gasteiger partial charge >= 0.3 is 0 Å². The van der Waals surface area contributed by atoms with Gasteiger partial charge in [-0.05, 0) is 30.5 Å². The minimum atomic E-state index is 0.00241. The Bertz CT molecular complexity index is 634. The topological polar surface area (TPSA) is 64.2 Å². The highest BCUT2D eigenvalue weighted by Crippen LogP contribution is 2.19. The summed E-state index contributed by atoms with van der Waals surface area (Å²) in [6.07, 6.45) is 2.84. The molecule has 1 amide bonds. The molecule has 2 heterocycles. The van der Waals surface area contributed by atoms with Gasteiger partial charge in [0.05, 0.1) is 11.4 Å². The number of anilines is 1. The van der Waals surface area contributed by atoms with E-state index < -0.39 is 0 Å². The second-order valence-corrected chi connectivity index (χ2v) is 5.35. The number of benzene rings is 1. The molecule has 1 aromatic heterocycles. The molecule has 0 spiro atoms. The van der Waals surface area contributed by atoms with Gasteiger partial charge in [0.15, 0.2) is 5.69 Å². The maximum absolute atomic E-state index is 12.3. The number of nitrogens with zero attached hydrogens (tertiary/aromatic N) is 3. The summed E-state index contributed by atoms with van der Waals surface area (Å²) >= 11 is 0. The first-order valence-electron chi connectivity index (χ1n) is 6.85. The molecule has 1 saturated heterocycles. The van der Waals surface area contributed by atoms with Crippen LogP contribution in [0.15, 0.2) is 36.5 Å². The van der Waals surface area contributed by atoms with Crippen molar-refractivity contribution in [2.75, 3.05) is 18.8 Å². The molecule has 0 aliphatic carbocycles. The molecule has 0 bridgehead atoms. The summed E-state index contributed by atoms with van der Waals surface area (Å²) in [6, 6.07) is 9.23. The van der Waals surface area contributed by atoms with Crippen molar-refractivity contribution in [1.29, 1.82) is 0 Å². The van der Waals surface area contributed by atoms with Gasteiger partial charge in [0, 0.05) is 19.3 Å². The Morgan fingerprint density at radius 2 is 2.15 bits per heavy atom. The summed E-state index contributed by atoms with van der Waals surface area (Å²) in [6.45, 7) is 3.80. The lowest BCUT2D eigenvalue weighted by molar-refractivity contribution is 0.0782. The monoisotopic (exact) mass is 270 g/mol. The van der Waals surface area contributed by atoms with Gasteiger partial charge in [-0.15, -0.1) is 0 Å². The van der Waals surface area contributed by atoms with E-state index in [0.717, 1.165) is 25.2 Å². The van der Waals surface area contributed by atoms with Crippen molar-refractivity contribution < 1.29 is 4.79 Å². The predicted molar refractivity (Wildman–Crippen MR) is 77.7 cm³/mol. The number of carbonyl (C=O) groups excluding carboxylic acids is 1. The Morgan fingerprint density at radius 1 is 1.35 bits per heavy atom. The lowest BCUT2D eigenvalue weighted by atomic mass is 10.2. The first kappa shape index (κ1) is 12.7. The van der Waals surface area contributed by atoms with Crippen LogP contribution in [0.3, 0.4) is 0 Å². The van der Waals surface area contributed by atoms with Crippen molar-refractivity contribution in [3.05, 3.63) is 42.2 Å². The Balaban J connectivity index is 1.84. The molecule has 1 fully saturated rings. The van der Waals surface area contributed by atoms with Gasteiger partial charge in [0.2, 0.25) is 0 Å². The highest BCUT2D eigenvalue weighted by atomic mass is 16.2. The minimum Gasteiger partial charge on any atom is -0.397 e. The third kappa shape index (κ3) is 2.27. The average Bonchev–Trinajstić information content (AvgIpc) is 3.07. The molecule has 0 saturated carbocycles. The summed E-state index contributed by atoms with van der Waals surface area (Å²) in [5.74, 6) is 0.577. The summed E-state index contributed by atoms with van der Waals surface area (Å²) in [4.78, 5) is 14.2. The van der Waals surface area contributed by atoms with Crippen LogP contribution >= 0.6 is 0 Å². The van der Waals surface area contributed by atoms with Gasteiger partial charge in [-0.2, -0.15) is 5.10 Å². The summed E-state index contributed by atoms with van der Waals surface area (Å²) in [5, 5.41) is 4.36. The second-order valence-electron chi connectivity index (χ2n) is 5.35. The first-order valence-corrected chi connectivity index (χ1v) is 6.85. The average molecular weight is 270 g/mol. The molecule has 5 heteroatoms. The standard InChI is InChI=1S/C15H18N4O/c1-11-6-8-18(10-11)15(20)13-7-9-19(17-13)14-5-3-2-4-12(14)16/h2-5,7,9,11H,6,8,10,16H2,1H3. The molecule has 1 unspecified atom stereocenters. The zero-order valence-electron chi connectivity index (χ0n) is 11.5. The third-order valence-electron chi connectivity index (χ3n) is 3.70. The number of amides is 1. The normalized spacial score (nSPS) is 18.4. The maximum Gasteiger partial charge on any atom is 0.274 e. The number of carbonyl (C=O) groups is 1. The van der Waals surface area contributed by atoms with Gasteiger partial charge in [-0.1, -0.05) is 19.1 Å². The van der Waals surface area contributed by atoms with Crippen molar-refractivity contribution in [2.24, 2.45) is 5.92 Å². The molecule has 2 N–H and O–H groups in total. The fourth-order valence-electron chi connectivity index (χ4n) is 2.55. The second kappa shape index (κ2) is 5.00. The Hall–Kier alpha value is -2.30. The van der Waals surface area contributed by atoms with Crippen molar-refractivity contribution >= 4 is 11.6 Å². The molecule has 104 valence electrons. The fourth-order valence-corrected chi connectivity index (χ4v) is 2.55. The number of hydrogen-bond acceptors (Lipinski definition) is 3. The number of hydrogen-bond donors (Lipinski definition) is 1. The molecule has 1 aliphatic heterocycles. The van der Waals surface area contributed by atoms with Gasteiger partial charge in [0.25, 0.3) is 5.91 Å². The third-order valence-corrected chi connectivity index (χ3v) is 3.70. The Morgan fingerprint density at radius 3 is 2.85 bits per heavy atom. The quantitative estimate of drug-likeness (QED) is 0.848. The minimum absolute atomic E-state index is 0.00241. The van der Waals surface area contributed by atoms with Crippen LogP contribution in [0.1, 0.15) is 23.8 Å². The van der Waals surface area contributed by atoms with E-state index in [-0.39, 0.29) is 5.91 Å². The van der Waals surface area contributed by atoms with Crippen molar-refractivity contribution in [2.45, 2.75) is 13.3 Å². The molecule has 1 aliphatic rings. The molecule has 5 nitrogen and oxygen atoms in total. The van der Waals surface area contributed by atoms with E-state index >= 15 is 0 Å². The van der Waals surface area contributed by atoms with E-state index in [2.05, 4.69) is 12.0 Å². The zero-order chi connectivity index (χ0) is 14.1. The van der Waals surface area contributed by atoms with Crippen LogP contribution < -0.4 is 5.73 Å². The van der Waals surface area contributed by atoms with Crippen LogP contribution in [0.5, 0.6) is 0 Å². The largest absolute Gasteiger partial charge is 0.397 e. The zero-order valence-corrected chi connectivity index (χ0v) is 11.5. The van der Waals surface area contributed by atoms with Crippen LogP contribution in [0.25, 0.3) is 5.69 Å². The fraction of sp³-hybridized carbons (Fsp3) is 0.333. The predicted octanol–water partition coefficient (Wildman–Crippen LogP) is 1.94. The molecule has 0 radical (unpaired) electrons. The van der Waals surface area contributed by atoms with E-state index in [1.807, 2.05) is 29.2 Å². The van der Waals surface area contributed by atoms with Gasteiger partial charge < -0.3 is 10.6 Å². The van der Waals surface area contributed by atoms with E-state index in [0.29, 0.717) is 17.3 Å². The number of nitrogen functional groups attached to an aromatic ring is 1. The summed E-state index contributed by atoms with van der Waals surface area (Å²) in [7, 11) is 0. The van der Waals surface area contributed by atoms with Crippen molar-refractivity contribution in [3.8, 4) is 5.69 Å². The summed E-state index contributed by atoms with van der Waals surface area (Å²) < 4.78 is 1.65. The van der Waals surface area contributed by atoms with E-state index in [4.69, 9.17) is 5.73 Å². The lowest BCUT2D eigenvalue weighted by Crippen LogP contribution is -2.28. The van der Waals surface area contributed by atoms with Crippen LogP contribution in [0.4, 0.5) is 5.69 Å². The van der Waals surface area contributed by atoms with E-state index in [1.54, 1.807) is 16.9 Å². The molecular weight excluding hydrogens is 252 g/mol. The molecule has 1 aromatic carbocycles. The lowest BCUT2D eigenvalue weighted by Gasteiger charge is -2.13. The number of nitrogens with two attached hydrogens (primary N) is 1. The van der Waals surface area contributed by atoms with Crippen LogP contribution in [-0.2, 0) is 0 Å². The number of likely N-dealkylation sites (tertiary alicyclic amines) is 1. The van der Waals surface area contributed by atoms with Gasteiger partial charge in [-0.25, -0.2) is 4.68 Å². The summed E-state index contributed by atoms with van der Waals surface area (Å²) in [5.41, 5.74) is 7.83. The van der Waals surface area contributed by atoms with Crippen molar-refractivity contribution in [1.82, 2.24) is 14.7 Å². The van der Waals surface area contributed by atoms with Crippen LogP contribution in [0, 0.1) is 5.92 Å². The maximum atomic E-state index is 12.3. The van der Waals surface area contributed by atoms with Crippen LogP contribution in [-0.4, -0.2) is 33.7 Å². The van der Waals surface area contributed by atoms with E-state index in [9.17, 15) is 4.79 Å². The smallest absolute Gasteiger partial charge is 0.274 e. The molecule has 3 rings (SSSR count). The van der Waals surface area contributed by atoms with E-state index in [1.165, 1.54) is 0 Å². The Labute approximate surface area is 118 Å². The molecular formula is C15H18N4O. The molecule has 1 atom stereocenters. The van der Waals surface area contributed by atoms with Crippen molar-refractivity contribution in [3.63, 3.8) is 0 Å². The van der Waals surface area contributed by atoms with Crippen LogP contribution in [0.2, 0.25) is 0 Å². The molecule has 20 heavy (non-hydrogen) atoms.